The summed E-state index contributed by atoms with van der Waals surface area (Å²) in [5, 5.41) is 0. The topological polar surface area (TPSA) is 64.8 Å². The van der Waals surface area contributed by atoms with Gasteiger partial charge in [-0.3, -0.25) is 4.79 Å². The zero-order valence-electron chi connectivity index (χ0n) is 12.1. The van der Waals surface area contributed by atoms with Gasteiger partial charge in [0.1, 0.15) is 0 Å². The van der Waals surface area contributed by atoms with Crippen molar-refractivity contribution in [1.29, 1.82) is 0 Å². The summed E-state index contributed by atoms with van der Waals surface area (Å²) >= 11 is 0. The highest BCUT2D eigenvalue weighted by atomic mass is 16.5. The maximum absolute atomic E-state index is 11.9. The summed E-state index contributed by atoms with van der Waals surface area (Å²) in [6.07, 6.45) is 4.58. The average molecular weight is 272 g/mol. The Balaban J connectivity index is 2.09. The first-order valence-electron chi connectivity index (χ1n) is 7.45. The SMILES string of the molecule is CCCOCCC(=O)N1CCC(OCCCN)CC1. The van der Waals surface area contributed by atoms with E-state index in [1.165, 1.54) is 0 Å². The maximum atomic E-state index is 11.9. The number of piperidine rings is 1. The predicted octanol–water partition coefficient (Wildman–Crippen LogP) is 1.16. The van der Waals surface area contributed by atoms with E-state index in [9.17, 15) is 4.79 Å². The minimum absolute atomic E-state index is 0.205. The third-order valence-corrected chi connectivity index (χ3v) is 3.31. The van der Waals surface area contributed by atoms with Gasteiger partial charge in [-0.2, -0.15) is 0 Å². The lowest BCUT2D eigenvalue weighted by atomic mass is 10.1. The summed E-state index contributed by atoms with van der Waals surface area (Å²) < 4.78 is 11.1. The van der Waals surface area contributed by atoms with Crippen LogP contribution in [0.25, 0.3) is 0 Å². The molecule has 1 aliphatic rings. The molecular formula is C14H28N2O3. The molecule has 0 aromatic carbocycles. The largest absolute Gasteiger partial charge is 0.381 e. The Morgan fingerprint density at radius 1 is 1.26 bits per heavy atom. The molecule has 0 aliphatic carbocycles. The molecule has 1 aliphatic heterocycles. The van der Waals surface area contributed by atoms with E-state index >= 15 is 0 Å². The van der Waals surface area contributed by atoms with Crippen LogP contribution in [0.4, 0.5) is 0 Å². The predicted molar refractivity (Wildman–Crippen MR) is 75.0 cm³/mol. The minimum Gasteiger partial charge on any atom is -0.381 e. The van der Waals surface area contributed by atoms with Crippen LogP contribution < -0.4 is 5.73 Å². The van der Waals surface area contributed by atoms with Crippen molar-refractivity contribution in [3.8, 4) is 0 Å². The lowest BCUT2D eigenvalue weighted by Crippen LogP contribution is -2.41. The second kappa shape index (κ2) is 10.2. The first-order valence-corrected chi connectivity index (χ1v) is 7.45. The Bertz CT molecular complexity index is 241. The lowest BCUT2D eigenvalue weighted by molar-refractivity contribution is -0.135. The third-order valence-electron chi connectivity index (χ3n) is 3.31. The quantitative estimate of drug-likeness (QED) is 0.640. The molecule has 1 rings (SSSR count). The van der Waals surface area contributed by atoms with Gasteiger partial charge in [0.15, 0.2) is 0 Å². The van der Waals surface area contributed by atoms with Crippen molar-refractivity contribution in [1.82, 2.24) is 4.90 Å². The van der Waals surface area contributed by atoms with Gasteiger partial charge in [-0.25, -0.2) is 0 Å². The molecule has 0 aromatic rings. The molecule has 0 atom stereocenters. The number of nitrogens with two attached hydrogens (primary N) is 1. The smallest absolute Gasteiger partial charge is 0.224 e. The third kappa shape index (κ3) is 6.89. The number of ether oxygens (including phenoxy) is 2. The van der Waals surface area contributed by atoms with Crippen molar-refractivity contribution in [2.45, 2.75) is 45.1 Å². The fraction of sp³-hybridized carbons (Fsp3) is 0.929. The van der Waals surface area contributed by atoms with E-state index in [1.807, 2.05) is 4.90 Å². The van der Waals surface area contributed by atoms with Gasteiger partial charge in [0, 0.05) is 26.3 Å². The van der Waals surface area contributed by atoms with E-state index in [-0.39, 0.29) is 5.91 Å². The molecule has 5 nitrogen and oxygen atoms in total. The molecule has 0 bridgehead atoms. The standard InChI is InChI=1S/C14H28N2O3/c1-2-10-18-12-6-14(17)16-8-4-13(5-9-16)19-11-3-7-15/h13H,2-12,15H2,1H3. The second-order valence-electron chi connectivity index (χ2n) is 4.96. The summed E-state index contributed by atoms with van der Waals surface area (Å²) in [5.41, 5.74) is 5.43. The van der Waals surface area contributed by atoms with Gasteiger partial charge in [-0.05, 0) is 32.2 Å². The van der Waals surface area contributed by atoms with Crippen molar-refractivity contribution in [2.24, 2.45) is 5.73 Å². The molecule has 1 saturated heterocycles. The van der Waals surface area contributed by atoms with Crippen molar-refractivity contribution in [3.05, 3.63) is 0 Å². The highest BCUT2D eigenvalue weighted by molar-refractivity contribution is 5.76. The lowest BCUT2D eigenvalue weighted by Gasteiger charge is -2.32. The van der Waals surface area contributed by atoms with Crippen LogP contribution in [-0.4, -0.2) is 56.4 Å². The van der Waals surface area contributed by atoms with E-state index < -0.39 is 0 Å². The molecule has 1 fully saturated rings. The average Bonchev–Trinajstić information content (AvgIpc) is 2.44. The monoisotopic (exact) mass is 272 g/mol. The van der Waals surface area contributed by atoms with E-state index in [1.54, 1.807) is 0 Å². The summed E-state index contributed by atoms with van der Waals surface area (Å²) in [7, 11) is 0. The van der Waals surface area contributed by atoms with Crippen molar-refractivity contribution < 1.29 is 14.3 Å². The van der Waals surface area contributed by atoms with E-state index in [0.29, 0.717) is 25.7 Å². The molecule has 112 valence electrons. The van der Waals surface area contributed by atoms with Crippen LogP contribution in [-0.2, 0) is 14.3 Å². The van der Waals surface area contributed by atoms with Crippen LogP contribution in [0.3, 0.4) is 0 Å². The summed E-state index contributed by atoms with van der Waals surface area (Å²) in [6, 6.07) is 0. The molecule has 0 aromatic heterocycles. The molecule has 1 heterocycles. The molecule has 1 amide bonds. The Labute approximate surface area is 116 Å². The molecule has 0 radical (unpaired) electrons. The number of hydrogen-bond acceptors (Lipinski definition) is 4. The highest BCUT2D eigenvalue weighted by Gasteiger charge is 2.22. The maximum Gasteiger partial charge on any atom is 0.224 e. The Kier molecular flexibility index (Phi) is 8.79. The molecular weight excluding hydrogens is 244 g/mol. The molecule has 0 unspecified atom stereocenters. The van der Waals surface area contributed by atoms with E-state index in [2.05, 4.69) is 6.92 Å². The first kappa shape index (κ1) is 16.4. The van der Waals surface area contributed by atoms with Crippen LogP contribution in [0.2, 0.25) is 0 Å². The van der Waals surface area contributed by atoms with Crippen LogP contribution >= 0.6 is 0 Å². The summed E-state index contributed by atoms with van der Waals surface area (Å²) in [6.45, 7) is 6.37. The van der Waals surface area contributed by atoms with Gasteiger partial charge in [0.05, 0.1) is 19.1 Å². The summed E-state index contributed by atoms with van der Waals surface area (Å²) in [5.74, 6) is 0.205. The Morgan fingerprint density at radius 2 is 2.00 bits per heavy atom. The number of rotatable bonds is 9. The Hall–Kier alpha value is -0.650. The normalized spacial score (nSPS) is 16.8. The fourth-order valence-electron chi connectivity index (χ4n) is 2.17. The number of carbonyl (C=O) groups is 1. The van der Waals surface area contributed by atoms with E-state index in [0.717, 1.165) is 52.0 Å². The number of likely N-dealkylation sites (tertiary alicyclic amines) is 1. The van der Waals surface area contributed by atoms with Crippen LogP contribution in [0.15, 0.2) is 0 Å². The van der Waals surface area contributed by atoms with Gasteiger partial charge in [0.2, 0.25) is 5.91 Å². The van der Waals surface area contributed by atoms with Crippen molar-refractivity contribution >= 4 is 5.91 Å². The van der Waals surface area contributed by atoms with Crippen molar-refractivity contribution in [3.63, 3.8) is 0 Å². The van der Waals surface area contributed by atoms with Gasteiger partial charge in [-0.1, -0.05) is 6.92 Å². The first-order chi connectivity index (χ1) is 9.27. The highest BCUT2D eigenvalue weighted by Crippen LogP contribution is 2.14. The number of amides is 1. The van der Waals surface area contributed by atoms with E-state index in [4.69, 9.17) is 15.2 Å². The van der Waals surface area contributed by atoms with Crippen molar-refractivity contribution in [2.75, 3.05) is 39.5 Å². The Morgan fingerprint density at radius 3 is 2.63 bits per heavy atom. The molecule has 0 saturated carbocycles. The van der Waals surface area contributed by atoms with Gasteiger partial charge in [0.25, 0.3) is 0 Å². The number of hydrogen-bond donors (Lipinski definition) is 1. The van der Waals surface area contributed by atoms with Crippen LogP contribution in [0.1, 0.15) is 39.0 Å². The second-order valence-corrected chi connectivity index (χ2v) is 4.96. The van der Waals surface area contributed by atoms with Gasteiger partial charge < -0.3 is 20.1 Å². The van der Waals surface area contributed by atoms with Crippen LogP contribution in [0, 0.1) is 0 Å². The van der Waals surface area contributed by atoms with Gasteiger partial charge >= 0.3 is 0 Å². The zero-order chi connectivity index (χ0) is 13.9. The minimum atomic E-state index is 0.205. The number of carbonyl (C=O) groups excluding carboxylic acids is 1. The zero-order valence-corrected chi connectivity index (χ0v) is 12.1. The molecule has 19 heavy (non-hydrogen) atoms. The number of nitrogens with zero attached hydrogens (tertiary/aromatic N) is 1. The fourth-order valence-corrected chi connectivity index (χ4v) is 2.17. The summed E-state index contributed by atoms with van der Waals surface area (Å²) in [4.78, 5) is 13.8. The molecule has 0 spiro atoms. The molecule has 2 N–H and O–H groups in total. The molecule has 5 heteroatoms. The van der Waals surface area contributed by atoms with Gasteiger partial charge in [-0.15, -0.1) is 0 Å². The van der Waals surface area contributed by atoms with Crippen LogP contribution in [0.5, 0.6) is 0 Å².